The van der Waals surface area contributed by atoms with Crippen LogP contribution in [0.15, 0.2) is 24.4 Å². The minimum Gasteiger partial charge on any atom is -0.481 e. The van der Waals surface area contributed by atoms with Gasteiger partial charge in [0.05, 0.1) is 17.6 Å². The first-order valence-corrected chi connectivity index (χ1v) is 6.93. The van der Waals surface area contributed by atoms with Crippen molar-refractivity contribution in [3.05, 3.63) is 35.5 Å². The number of fused-ring (bicyclic) bond motifs is 1. The van der Waals surface area contributed by atoms with Crippen molar-refractivity contribution in [3.8, 4) is 6.07 Å². The quantitative estimate of drug-likeness (QED) is 0.876. The zero-order chi connectivity index (χ0) is 14.1. The molecule has 4 nitrogen and oxygen atoms in total. The molecule has 0 atom stereocenters. The minimum atomic E-state index is -0.672. The summed E-state index contributed by atoms with van der Waals surface area (Å²) in [5.74, 6) is -0.464. The lowest BCUT2D eigenvalue weighted by Crippen LogP contribution is -2.20. The molecule has 1 aliphatic rings. The van der Waals surface area contributed by atoms with E-state index in [0.29, 0.717) is 11.5 Å². The number of hydrogen-bond donors (Lipinski definition) is 2. The van der Waals surface area contributed by atoms with E-state index in [0.717, 1.165) is 36.6 Å². The minimum absolute atomic E-state index is 0.189. The number of carboxylic acid groups (broad SMARTS) is 1. The highest BCUT2D eigenvalue weighted by Gasteiger charge is 2.27. The van der Waals surface area contributed by atoms with E-state index in [2.05, 4.69) is 11.1 Å². The Balaban J connectivity index is 1.88. The van der Waals surface area contributed by atoms with Crippen LogP contribution in [-0.2, 0) is 4.79 Å². The average molecular weight is 268 g/mol. The molecule has 0 amide bonds. The molecular formula is C16H16N2O2. The van der Waals surface area contributed by atoms with Crippen LogP contribution < -0.4 is 0 Å². The lowest BCUT2D eigenvalue weighted by Gasteiger charge is -2.25. The van der Waals surface area contributed by atoms with Gasteiger partial charge in [0, 0.05) is 17.1 Å². The molecule has 102 valence electrons. The first-order valence-electron chi connectivity index (χ1n) is 6.93. The number of nitrogens with zero attached hydrogens (tertiary/aromatic N) is 1. The van der Waals surface area contributed by atoms with Gasteiger partial charge in [-0.25, -0.2) is 0 Å². The van der Waals surface area contributed by atoms with Gasteiger partial charge in [-0.05, 0) is 55.4 Å². The summed E-state index contributed by atoms with van der Waals surface area (Å²) in [5, 5.41) is 19.2. The molecule has 0 spiro atoms. The van der Waals surface area contributed by atoms with E-state index >= 15 is 0 Å². The summed E-state index contributed by atoms with van der Waals surface area (Å²) in [5.41, 5.74) is 2.93. The van der Waals surface area contributed by atoms with Crippen molar-refractivity contribution in [2.24, 2.45) is 5.92 Å². The second kappa shape index (κ2) is 5.01. The van der Waals surface area contributed by atoms with E-state index in [1.54, 1.807) is 0 Å². The SMILES string of the molecule is N#Cc1ccc2[nH]cc(C3CCC(C(=O)O)CC3)c2c1. The lowest BCUT2D eigenvalue weighted by atomic mass is 9.78. The normalized spacial score (nSPS) is 22.6. The number of benzene rings is 1. The lowest BCUT2D eigenvalue weighted by molar-refractivity contribution is -0.142. The molecule has 2 aromatic rings. The Hall–Kier alpha value is -2.28. The molecule has 20 heavy (non-hydrogen) atoms. The van der Waals surface area contributed by atoms with Crippen molar-refractivity contribution in [3.63, 3.8) is 0 Å². The maximum Gasteiger partial charge on any atom is 0.306 e. The predicted molar refractivity (Wildman–Crippen MR) is 75.3 cm³/mol. The van der Waals surface area contributed by atoms with Crippen LogP contribution in [0, 0.1) is 17.2 Å². The van der Waals surface area contributed by atoms with Crippen LogP contribution in [0.5, 0.6) is 0 Å². The Labute approximate surface area is 117 Å². The maximum absolute atomic E-state index is 11.0. The topological polar surface area (TPSA) is 76.9 Å². The summed E-state index contributed by atoms with van der Waals surface area (Å²) >= 11 is 0. The van der Waals surface area contributed by atoms with Gasteiger partial charge >= 0.3 is 5.97 Å². The predicted octanol–water partition coefficient (Wildman–Crippen LogP) is 3.40. The summed E-state index contributed by atoms with van der Waals surface area (Å²) in [6.45, 7) is 0. The van der Waals surface area contributed by atoms with Gasteiger partial charge < -0.3 is 10.1 Å². The van der Waals surface area contributed by atoms with Crippen LogP contribution in [0.1, 0.15) is 42.7 Å². The number of H-pyrrole nitrogens is 1. The molecule has 1 aliphatic carbocycles. The van der Waals surface area contributed by atoms with Gasteiger partial charge in [0.1, 0.15) is 0 Å². The van der Waals surface area contributed by atoms with E-state index in [4.69, 9.17) is 10.4 Å². The summed E-state index contributed by atoms with van der Waals surface area (Å²) in [6.07, 6.45) is 5.30. The highest BCUT2D eigenvalue weighted by molar-refractivity contribution is 5.85. The number of aromatic nitrogens is 1. The number of rotatable bonds is 2. The zero-order valence-corrected chi connectivity index (χ0v) is 11.1. The van der Waals surface area contributed by atoms with E-state index in [1.807, 2.05) is 24.4 Å². The van der Waals surface area contributed by atoms with Crippen molar-refractivity contribution < 1.29 is 9.90 Å². The number of nitriles is 1. The Morgan fingerprint density at radius 1 is 1.30 bits per heavy atom. The summed E-state index contributed by atoms with van der Waals surface area (Å²) < 4.78 is 0. The van der Waals surface area contributed by atoms with E-state index in [9.17, 15) is 4.79 Å². The maximum atomic E-state index is 11.0. The molecule has 0 bridgehead atoms. The van der Waals surface area contributed by atoms with Crippen LogP contribution >= 0.6 is 0 Å². The Bertz CT molecular complexity index is 688. The second-order valence-electron chi connectivity index (χ2n) is 5.50. The van der Waals surface area contributed by atoms with Crippen molar-refractivity contribution in [2.45, 2.75) is 31.6 Å². The number of carbonyl (C=O) groups is 1. The van der Waals surface area contributed by atoms with Crippen molar-refractivity contribution >= 4 is 16.9 Å². The number of carboxylic acids is 1. The van der Waals surface area contributed by atoms with E-state index in [1.165, 1.54) is 5.56 Å². The molecule has 1 saturated carbocycles. The van der Waals surface area contributed by atoms with Crippen molar-refractivity contribution in [1.82, 2.24) is 4.98 Å². The number of aliphatic carboxylic acids is 1. The fraction of sp³-hybridized carbons (Fsp3) is 0.375. The fourth-order valence-electron chi connectivity index (χ4n) is 3.20. The molecule has 2 N–H and O–H groups in total. The number of nitrogens with one attached hydrogen (secondary N) is 1. The third kappa shape index (κ3) is 2.16. The van der Waals surface area contributed by atoms with Crippen LogP contribution in [0.2, 0.25) is 0 Å². The fourth-order valence-corrected chi connectivity index (χ4v) is 3.20. The molecule has 1 aromatic carbocycles. The van der Waals surface area contributed by atoms with Gasteiger partial charge in [0.15, 0.2) is 0 Å². The Morgan fingerprint density at radius 2 is 2.05 bits per heavy atom. The van der Waals surface area contributed by atoms with Gasteiger partial charge in [-0.1, -0.05) is 0 Å². The highest BCUT2D eigenvalue weighted by Crippen LogP contribution is 2.38. The van der Waals surface area contributed by atoms with Gasteiger partial charge in [-0.15, -0.1) is 0 Å². The molecule has 0 aliphatic heterocycles. The van der Waals surface area contributed by atoms with Gasteiger partial charge in [0.25, 0.3) is 0 Å². The number of hydrogen-bond acceptors (Lipinski definition) is 2. The largest absolute Gasteiger partial charge is 0.481 e. The Morgan fingerprint density at radius 3 is 2.70 bits per heavy atom. The van der Waals surface area contributed by atoms with Crippen LogP contribution in [0.25, 0.3) is 10.9 Å². The smallest absolute Gasteiger partial charge is 0.306 e. The summed E-state index contributed by atoms with van der Waals surface area (Å²) in [4.78, 5) is 14.2. The Kier molecular flexibility index (Phi) is 3.19. The molecule has 0 unspecified atom stereocenters. The molecule has 4 heteroatoms. The number of aromatic amines is 1. The standard InChI is InChI=1S/C16H16N2O2/c17-8-10-1-6-15-13(7-10)14(9-18-15)11-2-4-12(5-3-11)16(19)20/h1,6-7,9,11-12,18H,2-5H2,(H,19,20). The van der Waals surface area contributed by atoms with Crippen molar-refractivity contribution in [1.29, 1.82) is 5.26 Å². The van der Waals surface area contributed by atoms with E-state index in [-0.39, 0.29) is 5.92 Å². The first-order chi connectivity index (χ1) is 9.69. The first kappa shape index (κ1) is 12.7. The third-order valence-corrected chi connectivity index (χ3v) is 4.36. The van der Waals surface area contributed by atoms with Gasteiger partial charge in [-0.3, -0.25) is 4.79 Å². The monoisotopic (exact) mass is 268 g/mol. The van der Waals surface area contributed by atoms with E-state index < -0.39 is 5.97 Å². The van der Waals surface area contributed by atoms with Crippen molar-refractivity contribution in [2.75, 3.05) is 0 Å². The van der Waals surface area contributed by atoms with Gasteiger partial charge in [0.2, 0.25) is 0 Å². The molecule has 0 saturated heterocycles. The average Bonchev–Trinajstić information content (AvgIpc) is 2.90. The summed E-state index contributed by atoms with van der Waals surface area (Å²) in [6, 6.07) is 7.83. The summed E-state index contributed by atoms with van der Waals surface area (Å²) in [7, 11) is 0. The zero-order valence-electron chi connectivity index (χ0n) is 11.1. The second-order valence-corrected chi connectivity index (χ2v) is 5.50. The highest BCUT2D eigenvalue weighted by atomic mass is 16.4. The molecule has 1 heterocycles. The third-order valence-electron chi connectivity index (χ3n) is 4.36. The molecule has 1 fully saturated rings. The van der Waals surface area contributed by atoms with Crippen LogP contribution in [0.3, 0.4) is 0 Å². The van der Waals surface area contributed by atoms with Crippen LogP contribution in [-0.4, -0.2) is 16.1 Å². The molecular weight excluding hydrogens is 252 g/mol. The molecule has 0 radical (unpaired) electrons. The van der Waals surface area contributed by atoms with Crippen LogP contribution in [0.4, 0.5) is 0 Å². The molecule has 1 aromatic heterocycles. The molecule has 3 rings (SSSR count). The van der Waals surface area contributed by atoms with Gasteiger partial charge in [-0.2, -0.15) is 5.26 Å².